The molecule has 4 amide bonds. The summed E-state index contributed by atoms with van der Waals surface area (Å²) in [6.45, 7) is 5.77. The van der Waals surface area contributed by atoms with Gasteiger partial charge in [-0.2, -0.15) is 0 Å². The molecule has 176 valence electrons. The lowest BCUT2D eigenvalue weighted by Gasteiger charge is -2.26. The summed E-state index contributed by atoms with van der Waals surface area (Å²) >= 11 is 6.07. The van der Waals surface area contributed by atoms with Crippen LogP contribution in [0.25, 0.3) is 0 Å². The second kappa shape index (κ2) is 12.3. The van der Waals surface area contributed by atoms with Gasteiger partial charge < -0.3 is 25.6 Å². The van der Waals surface area contributed by atoms with Crippen LogP contribution in [0.4, 0.5) is 0 Å². The number of carbonyl (C=O) groups excluding carboxylic acids is 4. The summed E-state index contributed by atoms with van der Waals surface area (Å²) in [6, 6.07) is 4.49. The molecule has 1 aliphatic rings. The van der Waals surface area contributed by atoms with E-state index in [9.17, 15) is 19.2 Å². The standard InChI is InChI=1S/C22H31ClN4O5/c1-14(2)18-13-32-19-7-6-16(23)10-17(19)22(31)24-8-4-5-9-27(12-20(29)26-18)21(30)11-25-15(3)28/h6-7,10,14,18H,4-5,8-9,11-13H2,1-3H3,(H,24,31)(H,25,28)(H,26,29)/t18-/m0/s1. The molecule has 0 aromatic heterocycles. The lowest BCUT2D eigenvalue weighted by Crippen LogP contribution is -2.49. The first kappa shape index (κ1) is 25.5. The number of halogens is 1. The van der Waals surface area contributed by atoms with Gasteiger partial charge in [0.15, 0.2) is 0 Å². The molecule has 0 aliphatic carbocycles. The van der Waals surface area contributed by atoms with Crippen molar-refractivity contribution in [3.05, 3.63) is 28.8 Å². The highest BCUT2D eigenvalue weighted by molar-refractivity contribution is 6.31. The topological polar surface area (TPSA) is 117 Å². The van der Waals surface area contributed by atoms with E-state index in [2.05, 4.69) is 16.0 Å². The molecule has 0 saturated heterocycles. The quantitative estimate of drug-likeness (QED) is 0.621. The molecule has 0 bridgehead atoms. The van der Waals surface area contributed by atoms with Crippen LogP contribution < -0.4 is 20.7 Å². The van der Waals surface area contributed by atoms with Gasteiger partial charge in [0.25, 0.3) is 5.91 Å². The maximum Gasteiger partial charge on any atom is 0.255 e. The summed E-state index contributed by atoms with van der Waals surface area (Å²) in [6.07, 6.45) is 1.18. The fourth-order valence-electron chi connectivity index (χ4n) is 3.14. The van der Waals surface area contributed by atoms with Crippen molar-refractivity contribution >= 4 is 35.2 Å². The molecule has 3 N–H and O–H groups in total. The van der Waals surface area contributed by atoms with Crippen LogP contribution in [0.1, 0.15) is 44.0 Å². The van der Waals surface area contributed by atoms with E-state index in [-0.39, 0.29) is 55.3 Å². The van der Waals surface area contributed by atoms with Gasteiger partial charge in [0, 0.05) is 25.0 Å². The van der Waals surface area contributed by atoms with E-state index in [0.29, 0.717) is 42.3 Å². The normalized spacial score (nSPS) is 18.4. The zero-order chi connectivity index (χ0) is 23.7. The van der Waals surface area contributed by atoms with Crippen molar-refractivity contribution < 1.29 is 23.9 Å². The molecule has 1 aliphatic heterocycles. The van der Waals surface area contributed by atoms with Gasteiger partial charge in [0.05, 0.1) is 24.7 Å². The maximum absolute atomic E-state index is 12.7. The van der Waals surface area contributed by atoms with E-state index >= 15 is 0 Å². The highest BCUT2D eigenvalue weighted by Crippen LogP contribution is 2.23. The van der Waals surface area contributed by atoms with Crippen LogP contribution in [-0.4, -0.2) is 67.4 Å². The van der Waals surface area contributed by atoms with Gasteiger partial charge in [-0.3, -0.25) is 19.2 Å². The fourth-order valence-corrected chi connectivity index (χ4v) is 3.31. The minimum atomic E-state index is -0.344. The van der Waals surface area contributed by atoms with Gasteiger partial charge in [-0.15, -0.1) is 0 Å². The van der Waals surface area contributed by atoms with Crippen LogP contribution in [0.15, 0.2) is 18.2 Å². The molecule has 0 saturated carbocycles. The highest BCUT2D eigenvalue weighted by atomic mass is 35.5. The van der Waals surface area contributed by atoms with Crippen molar-refractivity contribution in [3.8, 4) is 5.75 Å². The van der Waals surface area contributed by atoms with Crippen molar-refractivity contribution in [1.82, 2.24) is 20.9 Å². The Kier molecular flexibility index (Phi) is 9.77. The number of nitrogens with zero attached hydrogens (tertiary/aromatic N) is 1. The van der Waals surface area contributed by atoms with E-state index in [1.807, 2.05) is 13.8 Å². The summed E-state index contributed by atoms with van der Waals surface area (Å²) in [4.78, 5) is 50.4. The molecule has 1 aromatic carbocycles. The van der Waals surface area contributed by atoms with Crippen LogP contribution >= 0.6 is 11.6 Å². The van der Waals surface area contributed by atoms with Gasteiger partial charge in [-0.25, -0.2) is 0 Å². The van der Waals surface area contributed by atoms with Crippen molar-refractivity contribution in [3.63, 3.8) is 0 Å². The van der Waals surface area contributed by atoms with Crippen LogP contribution in [0.2, 0.25) is 5.02 Å². The SMILES string of the molecule is CC(=O)NCC(=O)N1CCCCNC(=O)c2cc(Cl)ccc2OC[C@@H](C(C)C)NC(=O)C1. The third kappa shape index (κ3) is 8.03. The lowest BCUT2D eigenvalue weighted by atomic mass is 10.1. The summed E-state index contributed by atoms with van der Waals surface area (Å²) in [7, 11) is 0. The minimum absolute atomic E-state index is 0.0442. The van der Waals surface area contributed by atoms with Crippen molar-refractivity contribution in [2.24, 2.45) is 5.92 Å². The second-order valence-electron chi connectivity index (χ2n) is 8.06. The zero-order valence-corrected chi connectivity index (χ0v) is 19.5. The number of benzene rings is 1. The van der Waals surface area contributed by atoms with E-state index in [4.69, 9.17) is 16.3 Å². The molecule has 0 unspecified atom stereocenters. The Morgan fingerprint density at radius 3 is 2.72 bits per heavy atom. The predicted molar refractivity (Wildman–Crippen MR) is 121 cm³/mol. The van der Waals surface area contributed by atoms with Gasteiger partial charge >= 0.3 is 0 Å². The second-order valence-corrected chi connectivity index (χ2v) is 8.49. The van der Waals surface area contributed by atoms with Crippen molar-refractivity contribution in [1.29, 1.82) is 0 Å². The van der Waals surface area contributed by atoms with Gasteiger partial charge in [-0.1, -0.05) is 25.4 Å². The third-order valence-electron chi connectivity index (χ3n) is 5.07. The Labute approximate surface area is 193 Å². The monoisotopic (exact) mass is 466 g/mol. The summed E-state index contributed by atoms with van der Waals surface area (Å²) in [5, 5.41) is 8.65. The fraction of sp³-hybridized carbons (Fsp3) is 0.545. The molecular formula is C22H31ClN4O5. The molecule has 10 heteroatoms. The maximum atomic E-state index is 12.7. The summed E-state index contributed by atoms with van der Waals surface area (Å²) in [5.74, 6) is -0.856. The molecule has 9 nitrogen and oxygen atoms in total. The Bertz CT molecular complexity index is 846. The molecular weight excluding hydrogens is 436 g/mol. The van der Waals surface area contributed by atoms with Crippen LogP contribution in [-0.2, 0) is 14.4 Å². The highest BCUT2D eigenvalue weighted by Gasteiger charge is 2.23. The van der Waals surface area contributed by atoms with E-state index in [0.717, 1.165) is 0 Å². The molecule has 2 rings (SSSR count). The van der Waals surface area contributed by atoms with Gasteiger partial charge in [0.1, 0.15) is 12.4 Å². The van der Waals surface area contributed by atoms with Crippen LogP contribution in [0.3, 0.4) is 0 Å². The Hall–Kier alpha value is -2.81. The average molecular weight is 467 g/mol. The molecule has 1 atom stereocenters. The number of carbonyl (C=O) groups is 4. The molecule has 1 aromatic rings. The summed E-state index contributed by atoms with van der Waals surface area (Å²) < 4.78 is 5.89. The first-order valence-electron chi connectivity index (χ1n) is 10.7. The third-order valence-corrected chi connectivity index (χ3v) is 5.31. The number of nitrogens with one attached hydrogen (secondary N) is 3. The first-order chi connectivity index (χ1) is 15.2. The first-order valence-corrected chi connectivity index (χ1v) is 11.1. The average Bonchev–Trinajstić information content (AvgIpc) is 2.73. The molecule has 0 radical (unpaired) electrons. The van der Waals surface area contributed by atoms with Crippen molar-refractivity contribution in [2.75, 3.05) is 32.8 Å². The largest absolute Gasteiger partial charge is 0.491 e. The van der Waals surface area contributed by atoms with E-state index < -0.39 is 0 Å². The van der Waals surface area contributed by atoms with Gasteiger partial charge in [0.2, 0.25) is 17.7 Å². The number of hydrogen-bond acceptors (Lipinski definition) is 5. The smallest absolute Gasteiger partial charge is 0.255 e. The minimum Gasteiger partial charge on any atom is -0.491 e. The van der Waals surface area contributed by atoms with Crippen molar-refractivity contribution in [2.45, 2.75) is 39.7 Å². The van der Waals surface area contributed by atoms with Crippen LogP contribution in [0.5, 0.6) is 5.75 Å². The van der Waals surface area contributed by atoms with E-state index in [1.54, 1.807) is 18.2 Å². The molecule has 1 heterocycles. The number of rotatable bonds is 3. The summed E-state index contributed by atoms with van der Waals surface area (Å²) in [5.41, 5.74) is 0.327. The lowest BCUT2D eigenvalue weighted by molar-refractivity contribution is -0.136. The van der Waals surface area contributed by atoms with E-state index in [1.165, 1.54) is 11.8 Å². The van der Waals surface area contributed by atoms with Gasteiger partial charge in [-0.05, 0) is 37.0 Å². The molecule has 0 fully saturated rings. The zero-order valence-electron chi connectivity index (χ0n) is 18.7. The Morgan fingerprint density at radius 1 is 1.28 bits per heavy atom. The number of fused-ring (bicyclic) bond motifs is 1. The molecule has 0 spiro atoms. The predicted octanol–water partition coefficient (Wildman–Crippen LogP) is 1.35. The Balaban J connectivity index is 2.20. The number of hydrogen-bond donors (Lipinski definition) is 3. The van der Waals surface area contributed by atoms with Crippen LogP contribution in [0, 0.1) is 5.92 Å². The number of ether oxygens (including phenoxy) is 1. The number of amides is 4. The molecule has 32 heavy (non-hydrogen) atoms. The Morgan fingerprint density at radius 2 is 2.03 bits per heavy atom.